The van der Waals surface area contributed by atoms with Crippen LogP contribution in [0.3, 0.4) is 0 Å². The Morgan fingerprint density at radius 1 is 1.06 bits per heavy atom. The van der Waals surface area contributed by atoms with Gasteiger partial charge in [0.25, 0.3) is 0 Å². The van der Waals surface area contributed by atoms with E-state index in [1.165, 1.54) is 12.1 Å². The quantitative estimate of drug-likeness (QED) is 0.802. The van der Waals surface area contributed by atoms with Crippen LogP contribution in [0.2, 0.25) is 5.02 Å². The van der Waals surface area contributed by atoms with Gasteiger partial charge in [-0.15, -0.1) is 20.4 Å². The lowest BCUT2D eigenvalue weighted by Gasteiger charge is -2.10. The van der Waals surface area contributed by atoms with Crippen LogP contribution in [0.5, 0.6) is 0 Å². The van der Waals surface area contributed by atoms with Crippen molar-refractivity contribution in [3.63, 3.8) is 0 Å². The smallest absolute Gasteiger partial charge is 0.166 e. The number of benzene rings is 1. The predicted octanol–water partition coefficient (Wildman–Crippen LogP) is 2.91. The van der Waals surface area contributed by atoms with Gasteiger partial charge in [0.1, 0.15) is 0 Å². The van der Waals surface area contributed by atoms with E-state index in [0.717, 1.165) is 6.07 Å². The second-order valence-electron chi connectivity index (χ2n) is 3.44. The Bertz CT molecular complexity index is 568. The maximum Gasteiger partial charge on any atom is 0.417 e. The SMILES string of the molecule is Cc1nnc(-c2cccc(C(F)(F)F)c2Cl)nn1. The molecule has 8 heteroatoms. The van der Waals surface area contributed by atoms with Gasteiger partial charge in [0, 0.05) is 5.56 Å². The molecule has 1 heterocycles. The van der Waals surface area contributed by atoms with Crippen molar-refractivity contribution in [3.05, 3.63) is 34.6 Å². The van der Waals surface area contributed by atoms with Crippen molar-refractivity contribution in [2.75, 3.05) is 0 Å². The van der Waals surface area contributed by atoms with Crippen molar-refractivity contribution in [1.29, 1.82) is 0 Å². The van der Waals surface area contributed by atoms with Crippen molar-refractivity contribution in [2.24, 2.45) is 0 Å². The van der Waals surface area contributed by atoms with Gasteiger partial charge < -0.3 is 0 Å². The minimum Gasteiger partial charge on any atom is -0.166 e. The fraction of sp³-hybridized carbons (Fsp3) is 0.200. The Balaban J connectivity index is 2.56. The molecule has 0 N–H and O–H groups in total. The number of aromatic nitrogens is 4. The molecule has 4 nitrogen and oxygen atoms in total. The molecule has 0 fully saturated rings. The molecule has 1 aromatic heterocycles. The van der Waals surface area contributed by atoms with Crippen molar-refractivity contribution in [1.82, 2.24) is 20.4 Å². The lowest BCUT2D eigenvalue weighted by Crippen LogP contribution is -2.07. The zero-order valence-electron chi connectivity index (χ0n) is 9.03. The van der Waals surface area contributed by atoms with E-state index in [-0.39, 0.29) is 11.4 Å². The standard InChI is InChI=1S/C10H6ClF3N4/c1-5-15-17-9(18-16-5)6-3-2-4-7(8(6)11)10(12,13)14/h2-4H,1H3. The van der Waals surface area contributed by atoms with Crippen LogP contribution in [0, 0.1) is 6.92 Å². The van der Waals surface area contributed by atoms with Crippen molar-refractivity contribution in [2.45, 2.75) is 13.1 Å². The summed E-state index contributed by atoms with van der Waals surface area (Å²) in [6.45, 7) is 1.57. The van der Waals surface area contributed by atoms with Crippen molar-refractivity contribution in [3.8, 4) is 11.4 Å². The van der Waals surface area contributed by atoms with Crippen LogP contribution in [0.15, 0.2) is 18.2 Å². The van der Waals surface area contributed by atoms with Gasteiger partial charge in [-0.2, -0.15) is 13.2 Å². The summed E-state index contributed by atoms with van der Waals surface area (Å²) in [4.78, 5) is 0. The Labute approximate surface area is 105 Å². The van der Waals surface area contributed by atoms with E-state index in [1.807, 2.05) is 0 Å². The Morgan fingerprint density at radius 2 is 1.67 bits per heavy atom. The highest BCUT2D eigenvalue weighted by Gasteiger charge is 2.34. The minimum atomic E-state index is -4.53. The summed E-state index contributed by atoms with van der Waals surface area (Å²) in [5.74, 6) is 0.276. The van der Waals surface area contributed by atoms with Gasteiger partial charge in [-0.1, -0.05) is 17.7 Å². The summed E-state index contributed by atoms with van der Waals surface area (Å²) in [6, 6.07) is 3.50. The van der Waals surface area contributed by atoms with Crippen molar-refractivity contribution < 1.29 is 13.2 Å². The van der Waals surface area contributed by atoms with Gasteiger partial charge in [0.15, 0.2) is 5.82 Å². The molecule has 0 atom stereocenters. The highest BCUT2D eigenvalue weighted by atomic mass is 35.5. The fourth-order valence-corrected chi connectivity index (χ4v) is 1.63. The lowest BCUT2D eigenvalue weighted by molar-refractivity contribution is -0.137. The molecule has 2 rings (SSSR count). The molecule has 0 spiro atoms. The van der Waals surface area contributed by atoms with Crippen LogP contribution in [-0.2, 0) is 6.18 Å². The highest BCUT2D eigenvalue weighted by Crippen LogP contribution is 2.38. The van der Waals surface area contributed by atoms with Gasteiger partial charge in [-0.25, -0.2) is 0 Å². The van der Waals surface area contributed by atoms with E-state index in [4.69, 9.17) is 11.6 Å². The third-order valence-corrected chi connectivity index (χ3v) is 2.53. The molecule has 2 aromatic rings. The molecule has 18 heavy (non-hydrogen) atoms. The molecule has 0 saturated carbocycles. The average molecular weight is 275 g/mol. The third-order valence-electron chi connectivity index (χ3n) is 2.12. The number of halogens is 4. The summed E-state index contributed by atoms with van der Waals surface area (Å²) in [6.07, 6.45) is -4.53. The normalized spacial score (nSPS) is 11.6. The largest absolute Gasteiger partial charge is 0.417 e. The van der Waals surface area contributed by atoms with Gasteiger partial charge >= 0.3 is 6.18 Å². The van der Waals surface area contributed by atoms with Crippen LogP contribution in [-0.4, -0.2) is 20.4 Å². The molecular weight excluding hydrogens is 269 g/mol. The first-order valence-electron chi connectivity index (χ1n) is 4.79. The van der Waals surface area contributed by atoms with Crippen LogP contribution in [0.1, 0.15) is 11.4 Å². The Morgan fingerprint density at radius 3 is 2.22 bits per heavy atom. The molecule has 0 aliphatic heterocycles. The number of aryl methyl sites for hydroxylation is 1. The number of rotatable bonds is 1. The van der Waals surface area contributed by atoms with Crippen LogP contribution >= 0.6 is 11.6 Å². The molecule has 0 unspecified atom stereocenters. The lowest BCUT2D eigenvalue weighted by atomic mass is 10.1. The molecule has 1 aromatic carbocycles. The van der Waals surface area contributed by atoms with Crippen molar-refractivity contribution >= 4 is 11.6 Å². The van der Waals surface area contributed by atoms with Gasteiger partial charge in [-0.3, -0.25) is 0 Å². The van der Waals surface area contributed by atoms with Crippen LogP contribution < -0.4 is 0 Å². The second kappa shape index (κ2) is 4.49. The molecule has 0 radical (unpaired) electrons. The summed E-state index contributed by atoms with van der Waals surface area (Å²) in [5, 5.41) is 14.1. The molecule has 0 aliphatic rings. The van der Waals surface area contributed by atoms with Gasteiger partial charge in [0.05, 0.1) is 10.6 Å². The van der Waals surface area contributed by atoms with Gasteiger partial charge in [-0.05, 0) is 19.1 Å². The first kappa shape index (κ1) is 12.7. The number of nitrogens with zero attached hydrogens (tertiary/aromatic N) is 4. The summed E-state index contributed by atoms with van der Waals surface area (Å²) < 4.78 is 38.0. The number of alkyl halides is 3. The Kier molecular flexibility index (Phi) is 3.16. The third kappa shape index (κ3) is 2.40. The predicted molar refractivity (Wildman–Crippen MR) is 57.8 cm³/mol. The second-order valence-corrected chi connectivity index (χ2v) is 3.81. The molecule has 0 aliphatic carbocycles. The van der Waals surface area contributed by atoms with E-state index < -0.39 is 16.8 Å². The number of hydrogen-bond donors (Lipinski definition) is 0. The van der Waals surface area contributed by atoms with E-state index in [2.05, 4.69) is 20.4 Å². The molecule has 0 saturated heterocycles. The first-order valence-corrected chi connectivity index (χ1v) is 5.17. The fourth-order valence-electron chi connectivity index (χ4n) is 1.31. The number of hydrogen-bond acceptors (Lipinski definition) is 4. The zero-order chi connectivity index (χ0) is 13.3. The first-order chi connectivity index (χ1) is 8.39. The van der Waals surface area contributed by atoms with Crippen LogP contribution in [0.25, 0.3) is 11.4 Å². The molecule has 94 valence electrons. The minimum absolute atomic E-state index is 0.0447. The monoisotopic (exact) mass is 274 g/mol. The summed E-state index contributed by atoms with van der Waals surface area (Å²) in [7, 11) is 0. The maximum atomic E-state index is 12.7. The topological polar surface area (TPSA) is 51.6 Å². The van der Waals surface area contributed by atoms with Crippen LogP contribution in [0.4, 0.5) is 13.2 Å². The van der Waals surface area contributed by atoms with E-state index in [9.17, 15) is 13.2 Å². The summed E-state index contributed by atoms with van der Waals surface area (Å²) >= 11 is 5.71. The maximum absolute atomic E-state index is 12.7. The zero-order valence-corrected chi connectivity index (χ0v) is 9.79. The van der Waals surface area contributed by atoms with E-state index in [1.54, 1.807) is 6.92 Å². The Hall–Kier alpha value is -1.76. The molecular formula is C10H6ClF3N4. The van der Waals surface area contributed by atoms with E-state index >= 15 is 0 Å². The average Bonchev–Trinajstić information content (AvgIpc) is 2.29. The van der Waals surface area contributed by atoms with Gasteiger partial charge in [0.2, 0.25) is 5.82 Å². The summed E-state index contributed by atoms with van der Waals surface area (Å²) in [5.41, 5.74) is -0.891. The molecule has 0 bridgehead atoms. The molecule has 0 amide bonds. The van der Waals surface area contributed by atoms with E-state index in [0.29, 0.717) is 5.82 Å². The highest BCUT2D eigenvalue weighted by molar-refractivity contribution is 6.34.